The normalized spacial score (nSPS) is 11.8. The lowest BCUT2D eigenvalue weighted by molar-refractivity contribution is 0.887. The summed E-state index contributed by atoms with van der Waals surface area (Å²) in [5.41, 5.74) is 6.96. The number of aromatic nitrogens is 2. The van der Waals surface area contributed by atoms with Crippen LogP contribution in [0.15, 0.2) is 152 Å². The Hall–Kier alpha value is -5.32. The maximum absolute atomic E-state index is 2.42. The molecule has 42 heavy (non-hydrogen) atoms. The van der Waals surface area contributed by atoms with Crippen molar-refractivity contribution in [2.75, 3.05) is 5.01 Å². The van der Waals surface area contributed by atoms with E-state index in [1.54, 1.807) is 0 Å². The van der Waals surface area contributed by atoms with Crippen LogP contribution in [0.5, 0.6) is 0 Å². The van der Waals surface area contributed by atoms with Gasteiger partial charge in [0, 0.05) is 48.2 Å². The maximum atomic E-state index is 2.42. The molecule has 0 unspecified atom stereocenters. The van der Waals surface area contributed by atoms with Crippen LogP contribution < -0.4 is 5.01 Å². The Balaban J connectivity index is 1.44. The largest absolute Gasteiger partial charge is 0.317 e. The van der Waals surface area contributed by atoms with E-state index in [0.29, 0.717) is 0 Å². The molecule has 0 atom stereocenters. The molecule has 3 aromatic heterocycles. The lowest BCUT2D eigenvalue weighted by Gasteiger charge is -2.28. The van der Waals surface area contributed by atoms with Gasteiger partial charge in [-0.25, -0.2) is 9.69 Å². The van der Waals surface area contributed by atoms with Crippen LogP contribution in [-0.2, 0) is 0 Å². The Bertz CT molecular complexity index is 2360. The van der Waals surface area contributed by atoms with Gasteiger partial charge in [0.2, 0.25) is 0 Å². The lowest BCUT2D eigenvalue weighted by atomic mass is 10.1. The van der Waals surface area contributed by atoms with Crippen LogP contribution >= 0.6 is 11.3 Å². The van der Waals surface area contributed by atoms with Crippen LogP contribution in [-0.4, -0.2) is 9.24 Å². The zero-order valence-corrected chi connectivity index (χ0v) is 23.5. The SMILES string of the molecule is c1ccc(N(c2ccccc2)n2c3cc4ccn(-c5ccccc5)c4cc3c3cc4c(cc32)sc2ccccc24)cc1. The van der Waals surface area contributed by atoms with Crippen molar-refractivity contribution in [3.8, 4) is 5.69 Å². The van der Waals surface area contributed by atoms with E-state index in [2.05, 4.69) is 166 Å². The fourth-order valence-corrected chi connectivity index (χ4v) is 7.51. The van der Waals surface area contributed by atoms with Gasteiger partial charge in [-0.15, -0.1) is 11.3 Å². The fraction of sp³-hybridized carbons (Fsp3) is 0. The molecule has 0 N–H and O–H groups in total. The van der Waals surface area contributed by atoms with Crippen molar-refractivity contribution in [1.29, 1.82) is 0 Å². The number of fused-ring (bicyclic) bond motifs is 7. The third-order valence-corrected chi connectivity index (χ3v) is 9.42. The van der Waals surface area contributed by atoms with E-state index in [4.69, 9.17) is 0 Å². The third kappa shape index (κ3) is 3.46. The van der Waals surface area contributed by atoms with Gasteiger partial charge in [0.25, 0.3) is 0 Å². The molecule has 6 aromatic carbocycles. The van der Waals surface area contributed by atoms with E-state index in [0.717, 1.165) is 17.1 Å². The smallest absolute Gasteiger partial charge is 0.0730 e. The van der Waals surface area contributed by atoms with Crippen molar-refractivity contribution >= 4 is 75.6 Å². The van der Waals surface area contributed by atoms with Crippen LogP contribution in [0.2, 0.25) is 0 Å². The molecule has 0 saturated heterocycles. The molecule has 0 amide bonds. The second-order valence-corrected chi connectivity index (χ2v) is 11.8. The third-order valence-electron chi connectivity index (χ3n) is 8.29. The van der Waals surface area contributed by atoms with Crippen LogP contribution in [0.3, 0.4) is 0 Å². The Morgan fingerprint density at radius 3 is 1.81 bits per heavy atom. The summed E-state index contributed by atoms with van der Waals surface area (Å²) in [4.78, 5) is 0. The molecular formula is C38H25N3S. The fourth-order valence-electron chi connectivity index (χ4n) is 6.39. The number of nitrogens with zero attached hydrogens (tertiary/aromatic N) is 3. The standard InChI is InChI=1S/C38H25N3S/c1-4-12-27(13-5-1)39-21-20-26-22-35-32(24-34(26)39)31-23-33-30-18-10-11-19-37(30)42-38(33)25-36(31)41(35)40(28-14-6-2-7-15-28)29-16-8-3-9-17-29/h1-25H. The van der Waals surface area contributed by atoms with Gasteiger partial charge in [0.1, 0.15) is 0 Å². The highest BCUT2D eigenvalue weighted by atomic mass is 32.1. The Morgan fingerprint density at radius 1 is 0.452 bits per heavy atom. The minimum Gasteiger partial charge on any atom is -0.317 e. The summed E-state index contributed by atoms with van der Waals surface area (Å²) in [6.07, 6.45) is 2.18. The van der Waals surface area contributed by atoms with Crippen LogP contribution in [0, 0.1) is 0 Å². The molecule has 0 aliphatic rings. The predicted molar refractivity (Wildman–Crippen MR) is 180 cm³/mol. The molecule has 198 valence electrons. The number of hydrogen-bond donors (Lipinski definition) is 0. The molecule has 9 aromatic rings. The topological polar surface area (TPSA) is 13.1 Å². The molecule has 0 bridgehead atoms. The molecule has 3 nitrogen and oxygen atoms in total. The van der Waals surface area contributed by atoms with Crippen molar-refractivity contribution in [1.82, 2.24) is 9.24 Å². The molecule has 0 fully saturated rings. The quantitative estimate of drug-likeness (QED) is 0.210. The minimum absolute atomic E-state index is 1.11. The number of hydrogen-bond acceptors (Lipinski definition) is 2. The molecule has 0 saturated carbocycles. The summed E-state index contributed by atoms with van der Waals surface area (Å²) >= 11 is 1.87. The van der Waals surface area contributed by atoms with E-state index in [1.165, 1.54) is 52.9 Å². The highest BCUT2D eigenvalue weighted by Gasteiger charge is 2.22. The first-order chi connectivity index (χ1) is 20.8. The van der Waals surface area contributed by atoms with Crippen molar-refractivity contribution in [3.63, 3.8) is 0 Å². The molecule has 3 heterocycles. The molecule has 9 rings (SSSR count). The summed E-state index contributed by atoms with van der Waals surface area (Å²) < 4.78 is 7.33. The van der Waals surface area contributed by atoms with Gasteiger partial charge in [0.05, 0.1) is 27.9 Å². The predicted octanol–water partition coefficient (Wildman–Crippen LogP) is 10.7. The molecule has 4 heteroatoms. The second-order valence-electron chi connectivity index (χ2n) is 10.7. The van der Waals surface area contributed by atoms with Gasteiger partial charge in [-0.2, -0.15) is 0 Å². The summed E-state index contributed by atoms with van der Waals surface area (Å²) in [7, 11) is 0. The molecular weight excluding hydrogens is 531 g/mol. The summed E-state index contributed by atoms with van der Waals surface area (Å²) in [6, 6.07) is 52.5. The number of anilines is 2. The number of rotatable bonds is 4. The van der Waals surface area contributed by atoms with Crippen LogP contribution in [0.4, 0.5) is 11.4 Å². The van der Waals surface area contributed by atoms with Crippen molar-refractivity contribution in [2.45, 2.75) is 0 Å². The second kappa shape index (κ2) is 9.10. The van der Waals surface area contributed by atoms with E-state index in [1.807, 2.05) is 11.3 Å². The van der Waals surface area contributed by atoms with Gasteiger partial charge in [0.15, 0.2) is 0 Å². The molecule has 0 aliphatic carbocycles. The average Bonchev–Trinajstić information content (AvgIpc) is 3.72. The summed E-state index contributed by atoms with van der Waals surface area (Å²) in [5.74, 6) is 0. The van der Waals surface area contributed by atoms with E-state index < -0.39 is 0 Å². The van der Waals surface area contributed by atoms with Gasteiger partial charge in [-0.3, -0.25) is 0 Å². The zero-order chi connectivity index (χ0) is 27.6. The highest BCUT2D eigenvalue weighted by molar-refractivity contribution is 7.25. The van der Waals surface area contributed by atoms with Crippen molar-refractivity contribution in [2.24, 2.45) is 0 Å². The number of benzene rings is 6. The van der Waals surface area contributed by atoms with Crippen molar-refractivity contribution in [3.05, 3.63) is 152 Å². The number of thiophene rings is 1. The molecule has 0 radical (unpaired) electrons. The molecule has 0 aliphatic heterocycles. The first kappa shape index (κ1) is 23.4. The first-order valence-corrected chi connectivity index (χ1v) is 15.0. The maximum Gasteiger partial charge on any atom is 0.0730 e. The monoisotopic (exact) mass is 555 g/mol. The summed E-state index contributed by atoms with van der Waals surface area (Å²) in [6.45, 7) is 0. The Morgan fingerprint density at radius 2 is 1.07 bits per heavy atom. The molecule has 0 spiro atoms. The van der Waals surface area contributed by atoms with Gasteiger partial charge < -0.3 is 4.57 Å². The highest BCUT2D eigenvalue weighted by Crippen LogP contribution is 2.42. The van der Waals surface area contributed by atoms with Crippen LogP contribution in [0.1, 0.15) is 0 Å². The van der Waals surface area contributed by atoms with Gasteiger partial charge in [-0.1, -0.05) is 72.8 Å². The zero-order valence-electron chi connectivity index (χ0n) is 22.7. The van der Waals surface area contributed by atoms with Crippen molar-refractivity contribution < 1.29 is 0 Å². The summed E-state index contributed by atoms with van der Waals surface area (Å²) in [5, 5.41) is 8.68. The van der Waals surface area contributed by atoms with Gasteiger partial charge in [-0.05, 0) is 72.8 Å². The average molecular weight is 556 g/mol. The van der Waals surface area contributed by atoms with E-state index >= 15 is 0 Å². The lowest BCUT2D eigenvalue weighted by Crippen LogP contribution is -2.23. The van der Waals surface area contributed by atoms with Gasteiger partial charge >= 0.3 is 0 Å². The van der Waals surface area contributed by atoms with E-state index in [-0.39, 0.29) is 0 Å². The van der Waals surface area contributed by atoms with E-state index in [9.17, 15) is 0 Å². The Kier molecular flexibility index (Phi) is 5.07. The Labute approximate surface area is 246 Å². The number of para-hydroxylation sites is 3. The minimum atomic E-state index is 1.11. The first-order valence-electron chi connectivity index (χ1n) is 14.2. The van der Waals surface area contributed by atoms with Crippen LogP contribution in [0.25, 0.3) is 58.6 Å².